The number of alkyl halides is 3. The first-order valence-corrected chi connectivity index (χ1v) is 9.26. The SMILES string of the molecule is CC(CNc1ccc(CC(=O)O)c(C(F)(F)F)c1)NCC(O)c1cccc(Cl)c1. The molecule has 0 spiro atoms. The molecule has 2 aromatic carbocycles. The highest BCUT2D eigenvalue weighted by Crippen LogP contribution is 2.34. The maximum absolute atomic E-state index is 13.2. The van der Waals surface area contributed by atoms with E-state index in [1.807, 2.05) is 6.92 Å². The smallest absolute Gasteiger partial charge is 0.416 e. The lowest BCUT2D eigenvalue weighted by atomic mass is 10.0. The zero-order chi connectivity index (χ0) is 21.6. The standard InChI is InChI=1S/C20H22ClF3N2O3/c1-12(25-11-18(27)14-3-2-4-15(21)7-14)10-26-16-6-5-13(8-19(28)29)17(9-16)20(22,23)24/h2-7,9,12,18,25-27H,8,10-11H2,1H3,(H,28,29). The Morgan fingerprint density at radius 1 is 1.17 bits per heavy atom. The molecule has 0 aliphatic rings. The third kappa shape index (κ3) is 7.23. The Labute approximate surface area is 171 Å². The Hall–Kier alpha value is -2.29. The van der Waals surface area contributed by atoms with Gasteiger partial charge in [-0.05, 0) is 42.3 Å². The first-order valence-electron chi connectivity index (χ1n) is 8.89. The number of nitrogens with one attached hydrogen (secondary N) is 2. The average molecular weight is 431 g/mol. The van der Waals surface area contributed by atoms with Gasteiger partial charge in [-0.1, -0.05) is 29.8 Å². The van der Waals surface area contributed by atoms with Crippen molar-refractivity contribution in [3.8, 4) is 0 Å². The van der Waals surface area contributed by atoms with Gasteiger partial charge in [0.25, 0.3) is 0 Å². The summed E-state index contributed by atoms with van der Waals surface area (Å²) in [5.74, 6) is -1.33. The lowest BCUT2D eigenvalue weighted by Gasteiger charge is -2.19. The van der Waals surface area contributed by atoms with Gasteiger partial charge in [0.1, 0.15) is 0 Å². The molecule has 0 aliphatic heterocycles. The third-order valence-electron chi connectivity index (χ3n) is 4.26. The lowest BCUT2D eigenvalue weighted by Crippen LogP contribution is -2.35. The summed E-state index contributed by atoms with van der Waals surface area (Å²) in [6.07, 6.45) is -6.12. The van der Waals surface area contributed by atoms with Crippen LogP contribution in [0, 0.1) is 0 Å². The van der Waals surface area contributed by atoms with Gasteiger partial charge in [0.2, 0.25) is 0 Å². The van der Waals surface area contributed by atoms with Crippen LogP contribution < -0.4 is 10.6 Å². The Morgan fingerprint density at radius 2 is 1.90 bits per heavy atom. The van der Waals surface area contributed by atoms with Crippen molar-refractivity contribution in [2.75, 3.05) is 18.4 Å². The zero-order valence-corrected chi connectivity index (χ0v) is 16.4. The summed E-state index contributed by atoms with van der Waals surface area (Å²) in [4.78, 5) is 10.8. The van der Waals surface area contributed by atoms with Crippen LogP contribution in [0.4, 0.5) is 18.9 Å². The van der Waals surface area contributed by atoms with E-state index in [0.717, 1.165) is 6.07 Å². The number of halogens is 4. The van der Waals surface area contributed by atoms with Crippen molar-refractivity contribution in [1.29, 1.82) is 0 Å². The minimum absolute atomic E-state index is 0.156. The van der Waals surface area contributed by atoms with Gasteiger partial charge in [-0.2, -0.15) is 13.2 Å². The van der Waals surface area contributed by atoms with Crippen LogP contribution in [0.25, 0.3) is 0 Å². The lowest BCUT2D eigenvalue weighted by molar-refractivity contribution is -0.139. The Bertz CT molecular complexity index is 846. The number of carboxylic acids is 1. The fraction of sp³-hybridized carbons (Fsp3) is 0.350. The molecule has 29 heavy (non-hydrogen) atoms. The van der Waals surface area contributed by atoms with Gasteiger partial charge in [-0.3, -0.25) is 4.79 Å². The molecule has 9 heteroatoms. The second-order valence-corrected chi connectivity index (χ2v) is 7.14. The molecular weight excluding hydrogens is 409 g/mol. The molecule has 0 saturated heterocycles. The van der Waals surface area contributed by atoms with Crippen LogP contribution in [0.5, 0.6) is 0 Å². The summed E-state index contributed by atoms with van der Waals surface area (Å²) in [6, 6.07) is 10.2. The van der Waals surface area contributed by atoms with Crippen LogP contribution in [-0.4, -0.2) is 35.3 Å². The van der Waals surface area contributed by atoms with Gasteiger partial charge >= 0.3 is 12.1 Å². The van der Waals surface area contributed by atoms with Gasteiger partial charge in [0, 0.05) is 29.8 Å². The van der Waals surface area contributed by atoms with Crippen LogP contribution in [-0.2, 0) is 17.4 Å². The number of rotatable bonds is 9. The van der Waals surface area contributed by atoms with Gasteiger partial charge in [0.05, 0.1) is 18.1 Å². The minimum Gasteiger partial charge on any atom is -0.481 e. The number of benzene rings is 2. The fourth-order valence-corrected chi connectivity index (χ4v) is 2.95. The van der Waals surface area contributed by atoms with Crippen LogP contribution in [0.15, 0.2) is 42.5 Å². The maximum Gasteiger partial charge on any atom is 0.416 e. The van der Waals surface area contributed by atoms with Crippen molar-refractivity contribution in [3.05, 3.63) is 64.2 Å². The van der Waals surface area contributed by atoms with E-state index in [4.69, 9.17) is 16.7 Å². The normalized spacial score (nSPS) is 13.7. The number of hydrogen-bond acceptors (Lipinski definition) is 4. The van der Waals surface area contributed by atoms with E-state index in [-0.39, 0.29) is 23.8 Å². The van der Waals surface area contributed by atoms with Crippen molar-refractivity contribution < 1.29 is 28.2 Å². The molecule has 0 heterocycles. The van der Waals surface area contributed by atoms with Gasteiger partial charge in [0.15, 0.2) is 0 Å². The van der Waals surface area contributed by atoms with Crippen LogP contribution in [0.1, 0.15) is 29.7 Å². The monoisotopic (exact) mass is 430 g/mol. The van der Waals surface area contributed by atoms with Crippen LogP contribution in [0.2, 0.25) is 5.02 Å². The van der Waals surface area contributed by atoms with E-state index >= 15 is 0 Å². The molecule has 2 atom stereocenters. The van der Waals surface area contributed by atoms with Gasteiger partial charge < -0.3 is 20.8 Å². The molecule has 2 rings (SSSR count). The molecule has 0 saturated carbocycles. The zero-order valence-electron chi connectivity index (χ0n) is 15.6. The Morgan fingerprint density at radius 3 is 2.52 bits per heavy atom. The fourth-order valence-electron chi connectivity index (χ4n) is 2.76. The molecule has 2 aromatic rings. The molecule has 0 aliphatic carbocycles. The highest BCUT2D eigenvalue weighted by atomic mass is 35.5. The van der Waals surface area contributed by atoms with E-state index in [1.165, 1.54) is 12.1 Å². The quantitative estimate of drug-likeness (QED) is 0.481. The number of carbonyl (C=O) groups is 1. The molecule has 5 nitrogen and oxygen atoms in total. The highest BCUT2D eigenvalue weighted by molar-refractivity contribution is 6.30. The first kappa shape index (κ1) is 23.0. The van der Waals surface area contributed by atoms with E-state index < -0.39 is 30.2 Å². The van der Waals surface area contributed by atoms with Crippen molar-refractivity contribution in [2.45, 2.75) is 31.7 Å². The molecule has 0 bridgehead atoms. The van der Waals surface area contributed by atoms with Crippen molar-refractivity contribution in [2.24, 2.45) is 0 Å². The van der Waals surface area contributed by atoms with Crippen LogP contribution >= 0.6 is 11.6 Å². The largest absolute Gasteiger partial charge is 0.481 e. The van der Waals surface area contributed by atoms with Crippen LogP contribution in [0.3, 0.4) is 0 Å². The summed E-state index contributed by atoms with van der Waals surface area (Å²) >= 11 is 5.90. The van der Waals surface area contributed by atoms with Gasteiger partial charge in [-0.15, -0.1) is 0 Å². The molecule has 4 N–H and O–H groups in total. The molecule has 2 unspecified atom stereocenters. The minimum atomic E-state index is -4.65. The van der Waals surface area contributed by atoms with E-state index in [2.05, 4.69) is 10.6 Å². The topological polar surface area (TPSA) is 81.6 Å². The van der Waals surface area contributed by atoms with Crippen molar-refractivity contribution in [3.63, 3.8) is 0 Å². The summed E-state index contributed by atoms with van der Waals surface area (Å²) in [7, 11) is 0. The number of aliphatic carboxylic acids is 1. The Balaban J connectivity index is 1.94. The second kappa shape index (κ2) is 9.96. The summed E-state index contributed by atoms with van der Waals surface area (Å²) in [5.41, 5.74) is -0.363. The molecule has 0 radical (unpaired) electrons. The number of hydrogen-bond donors (Lipinski definition) is 4. The first-order chi connectivity index (χ1) is 13.6. The predicted octanol–water partition coefficient (Wildman–Crippen LogP) is 4.11. The van der Waals surface area contributed by atoms with E-state index in [9.17, 15) is 23.1 Å². The number of carboxylic acid groups (broad SMARTS) is 1. The van der Waals surface area contributed by atoms with Crippen molar-refractivity contribution >= 4 is 23.3 Å². The molecule has 0 amide bonds. The maximum atomic E-state index is 13.2. The second-order valence-electron chi connectivity index (χ2n) is 6.70. The van der Waals surface area contributed by atoms with E-state index in [0.29, 0.717) is 17.1 Å². The average Bonchev–Trinajstić information content (AvgIpc) is 2.64. The predicted molar refractivity (Wildman–Crippen MR) is 105 cm³/mol. The molecule has 0 fully saturated rings. The summed E-state index contributed by atoms with van der Waals surface area (Å²) in [6.45, 7) is 2.37. The molecular formula is C20H22ClF3N2O3. The summed E-state index contributed by atoms with van der Waals surface area (Å²) < 4.78 is 39.6. The number of aliphatic hydroxyl groups excluding tert-OH is 1. The highest BCUT2D eigenvalue weighted by Gasteiger charge is 2.34. The third-order valence-corrected chi connectivity index (χ3v) is 4.50. The van der Waals surface area contributed by atoms with Crippen molar-refractivity contribution in [1.82, 2.24) is 5.32 Å². The van der Waals surface area contributed by atoms with E-state index in [1.54, 1.807) is 24.3 Å². The number of anilines is 1. The van der Waals surface area contributed by atoms with Gasteiger partial charge in [-0.25, -0.2) is 0 Å². The number of aliphatic hydroxyl groups is 1. The summed E-state index contributed by atoms with van der Waals surface area (Å²) in [5, 5.41) is 25.5. The Kier molecular flexibility index (Phi) is 7.89. The molecule has 0 aromatic heterocycles. The molecule has 158 valence electrons.